The first-order valence-corrected chi connectivity index (χ1v) is 9.11. The van der Waals surface area contributed by atoms with Gasteiger partial charge in [-0.25, -0.2) is 0 Å². The monoisotopic (exact) mass is 382 g/mol. The molecule has 0 N–H and O–H groups in total. The van der Waals surface area contributed by atoms with Crippen LogP contribution in [-0.4, -0.2) is 17.6 Å². The number of benzene rings is 3. The van der Waals surface area contributed by atoms with Crippen LogP contribution < -0.4 is 9.47 Å². The predicted octanol–water partition coefficient (Wildman–Crippen LogP) is 4.79. The van der Waals surface area contributed by atoms with Crippen molar-refractivity contribution >= 4 is 16.8 Å². The molecule has 0 saturated carbocycles. The first-order valence-electron chi connectivity index (χ1n) is 9.11. The van der Waals surface area contributed by atoms with Gasteiger partial charge in [0.15, 0.2) is 0 Å². The number of fused-ring (bicyclic) bond motifs is 1. The fourth-order valence-electron chi connectivity index (χ4n) is 3.27. The van der Waals surface area contributed by atoms with Crippen molar-refractivity contribution in [3.05, 3.63) is 95.7 Å². The molecule has 0 unspecified atom stereocenters. The van der Waals surface area contributed by atoms with Crippen LogP contribution in [0, 0.1) is 11.3 Å². The predicted molar refractivity (Wildman–Crippen MR) is 110 cm³/mol. The highest BCUT2D eigenvalue weighted by Crippen LogP contribution is 2.25. The Morgan fingerprint density at radius 1 is 1.00 bits per heavy atom. The summed E-state index contributed by atoms with van der Waals surface area (Å²) in [5.74, 6) is 1.04. The molecule has 0 aliphatic carbocycles. The summed E-state index contributed by atoms with van der Waals surface area (Å²) in [4.78, 5) is 13.2. The van der Waals surface area contributed by atoms with Crippen LogP contribution in [0.5, 0.6) is 11.5 Å². The van der Waals surface area contributed by atoms with E-state index in [4.69, 9.17) is 14.7 Å². The van der Waals surface area contributed by atoms with Gasteiger partial charge in [-0.2, -0.15) is 5.26 Å². The Hall–Kier alpha value is -4.04. The second-order valence-electron chi connectivity index (χ2n) is 6.47. The Bertz CT molecular complexity index is 1230. The lowest BCUT2D eigenvalue weighted by atomic mass is 10.1. The fourth-order valence-corrected chi connectivity index (χ4v) is 3.27. The minimum Gasteiger partial charge on any atom is -0.496 e. The van der Waals surface area contributed by atoms with Crippen molar-refractivity contribution in [2.45, 2.75) is 6.61 Å². The number of ether oxygens (including phenoxy) is 2. The Morgan fingerprint density at radius 3 is 2.55 bits per heavy atom. The van der Waals surface area contributed by atoms with Gasteiger partial charge in [0.25, 0.3) is 5.91 Å². The number of hydrogen-bond donors (Lipinski definition) is 0. The average Bonchev–Trinajstić information content (AvgIpc) is 3.20. The van der Waals surface area contributed by atoms with Crippen molar-refractivity contribution < 1.29 is 14.3 Å². The normalized spacial score (nSPS) is 10.5. The molecular formula is C24H18N2O3. The van der Waals surface area contributed by atoms with Gasteiger partial charge in [-0.1, -0.05) is 30.3 Å². The maximum Gasteiger partial charge on any atom is 0.266 e. The minimum absolute atomic E-state index is 0.194. The van der Waals surface area contributed by atoms with E-state index in [0.29, 0.717) is 16.9 Å². The summed E-state index contributed by atoms with van der Waals surface area (Å²) in [6.07, 6.45) is 1.71. The standard InChI is InChI=1S/C24H18N2O3/c1-28-22-8-4-2-6-19(22)16-29-23-9-5-3-7-20(23)24(27)26-13-12-18-14-17(15-25)10-11-21(18)26/h2-14H,16H2,1H3. The molecule has 0 atom stereocenters. The summed E-state index contributed by atoms with van der Waals surface area (Å²) in [7, 11) is 1.62. The zero-order chi connectivity index (χ0) is 20.2. The van der Waals surface area contributed by atoms with Crippen LogP contribution in [0.2, 0.25) is 0 Å². The van der Waals surface area contributed by atoms with E-state index in [1.165, 1.54) is 0 Å². The molecule has 0 radical (unpaired) electrons. The van der Waals surface area contributed by atoms with Crippen LogP contribution in [0.15, 0.2) is 79.0 Å². The minimum atomic E-state index is -0.194. The molecular weight excluding hydrogens is 364 g/mol. The molecule has 142 valence electrons. The first-order chi connectivity index (χ1) is 14.2. The Labute approximate surface area is 168 Å². The van der Waals surface area contributed by atoms with E-state index in [-0.39, 0.29) is 12.5 Å². The number of methoxy groups -OCH3 is 1. The van der Waals surface area contributed by atoms with Crippen molar-refractivity contribution in [2.75, 3.05) is 7.11 Å². The molecule has 0 bridgehead atoms. The number of nitrogens with zero attached hydrogens (tertiary/aromatic N) is 2. The van der Waals surface area contributed by atoms with E-state index < -0.39 is 0 Å². The number of aromatic nitrogens is 1. The van der Waals surface area contributed by atoms with Crippen LogP contribution in [0.4, 0.5) is 0 Å². The quantitative estimate of drug-likeness (QED) is 0.498. The topological polar surface area (TPSA) is 64.2 Å². The fraction of sp³-hybridized carbons (Fsp3) is 0.0833. The maximum atomic E-state index is 13.2. The Morgan fingerprint density at radius 2 is 1.76 bits per heavy atom. The molecule has 0 saturated heterocycles. The second-order valence-corrected chi connectivity index (χ2v) is 6.47. The lowest BCUT2D eigenvalue weighted by Gasteiger charge is -2.13. The molecule has 0 aliphatic heterocycles. The second kappa shape index (κ2) is 7.91. The van der Waals surface area contributed by atoms with Gasteiger partial charge in [-0.05, 0) is 42.5 Å². The molecule has 29 heavy (non-hydrogen) atoms. The Balaban J connectivity index is 1.65. The first kappa shape index (κ1) is 18.3. The molecule has 1 aromatic heterocycles. The van der Waals surface area contributed by atoms with Crippen molar-refractivity contribution in [2.24, 2.45) is 0 Å². The molecule has 0 fully saturated rings. The number of nitriles is 1. The molecule has 0 aliphatic rings. The molecule has 4 rings (SSSR count). The molecule has 0 amide bonds. The van der Waals surface area contributed by atoms with Crippen LogP contribution >= 0.6 is 0 Å². The zero-order valence-electron chi connectivity index (χ0n) is 15.8. The van der Waals surface area contributed by atoms with E-state index in [9.17, 15) is 4.79 Å². The van der Waals surface area contributed by atoms with Crippen molar-refractivity contribution in [1.29, 1.82) is 5.26 Å². The van der Waals surface area contributed by atoms with Gasteiger partial charge in [0.05, 0.1) is 29.8 Å². The van der Waals surface area contributed by atoms with Crippen LogP contribution in [0.1, 0.15) is 21.5 Å². The highest BCUT2D eigenvalue weighted by molar-refractivity contribution is 6.04. The van der Waals surface area contributed by atoms with Gasteiger partial charge >= 0.3 is 0 Å². The van der Waals surface area contributed by atoms with Gasteiger partial charge in [0.1, 0.15) is 18.1 Å². The highest BCUT2D eigenvalue weighted by atomic mass is 16.5. The molecule has 5 nitrogen and oxygen atoms in total. The summed E-state index contributed by atoms with van der Waals surface area (Å²) >= 11 is 0. The number of para-hydroxylation sites is 2. The van der Waals surface area contributed by atoms with Crippen molar-refractivity contribution in [1.82, 2.24) is 4.57 Å². The molecule has 3 aromatic carbocycles. The summed E-state index contributed by atoms with van der Waals surface area (Å²) in [6, 6.07) is 24.0. The van der Waals surface area contributed by atoms with Gasteiger partial charge in [-0.15, -0.1) is 0 Å². The molecule has 1 heterocycles. The number of carbonyl (C=O) groups is 1. The van der Waals surface area contributed by atoms with Gasteiger partial charge in [-0.3, -0.25) is 9.36 Å². The summed E-state index contributed by atoms with van der Waals surface area (Å²) in [5, 5.41) is 9.91. The zero-order valence-corrected chi connectivity index (χ0v) is 15.8. The molecule has 4 aromatic rings. The third kappa shape index (κ3) is 3.56. The third-order valence-corrected chi connectivity index (χ3v) is 4.73. The van der Waals surface area contributed by atoms with E-state index in [1.54, 1.807) is 48.2 Å². The third-order valence-electron chi connectivity index (χ3n) is 4.73. The lowest BCUT2D eigenvalue weighted by molar-refractivity contribution is 0.0960. The maximum absolute atomic E-state index is 13.2. The summed E-state index contributed by atoms with van der Waals surface area (Å²) in [6.45, 7) is 0.284. The molecule has 0 spiro atoms. The van der Waals surface area contributed by atoms with Crippen LogP contribution in [-0.2, 0) is 6.61 Å². The van der Waals surface area contributed by atoms with E-state index in [1.807, 2.05) is 42.5 Å². The van der Waals surface area contributed by atoms with Gasteiger partial charge in [0, 0.05) is 17.1 Å². The average molecular weight is 382 g/mol. The smallest absolute Gasteiger partial charge is 0.266 e. The number of rotatable bonds is 5. The molecule has 5 heteroatoms. The van der Waals surface area contributed by atoms with Crippen molar-refractivity contribution in [3.63, 3.8) is 0 Å². The number of hydrogen-bond acceptors (Lipinski definition) is 4. The van der Waals surface area contributed by atoms with E-state index >= 15 is 0 Å². The highest BCUT2D eigenvalue weighted by Gasteiger charge is 2.17. The SMILES string of the molecule is COc1ccccc1COc1ccccc1C(=O)n1ccc2cc(C#N)ccc21. The largest absolute Gasteiger partial charge is 0.496 e. The number of carbonyl (C=O) groups excluding carboxylic acids is 1. The van der Waals surface area contributed by atoms with Crippen LogP contribution in [0.25, 0.3) is 10.9 Å². The summed E-state index contributed by atoms with van der Waals surface area (Å²) < 4.78 is 12.9. The van der Waals surface area contributed by atoms with Gasteiger partial charge in [0.2, 0.25) is 0 Å². The van der Waals surface area contributed by atoms with E-state index in [0.717, 1.165) is 22.2 Å². The van der Waals surface area contributed by atoms with E-state index in [2.05, 4.69) is 6.07 Å². The van der Waals surface area contributed by atoms with Gasteiger partial charge < -0.3 is 9.47 Å². The Kier molecular flexibility index (Phi) is 5.00. The van der Waals surface area contributed by atoms with Crippen LogP contribution in [0.3, 0.4) is 0 Å². The lowest BCUT2D eigenvalue weighted by Crippen LogP contribution is -2.12. The van der Waals surface area contributed by atoms with Crippen molar-refractivity contribution in [3.8, 4) is 17.6 Å². The summed E-state index contributed by atoms with van der Waals surface area (Å²) in [5.41, 5.74) is 2.66.